The van der Waals surface area contributed by atoms with E-state index in [1.807, 2.05) is 18.2 Å². The lowest BCUT2D eigenvalue weighted by Gasteiger charge is -2.34. The van der Waals surface area contributed by atoms with E-state index in [1.54, 1.807) is 0 Å². The fourth-order valence-corrected chi connectivity index (χ4v) is 3.72. The summed E-state index contributed by atoms with van der Waals surface area (Å²) in [5.74, 6) is 2.25. The number of hydrazone groups is 1. The zero-order chi connectivity index (χ0) is 17.2. The Balaban J connectivity index is 1.50. The van der Waals surface area contributed by atoms with E-state index in [-0.39, 0.29) is 0 Å². The number of hydrogen-bond donors (Lipinski definition) is 2. The fourth-order valence-electron chi connectivity index (χ4n) is 3.60. The topological polar surface area (TPSA) is 54.9 Å². The molecule has 1 aliphatic heterocycles. The number of thiocarbonyl (C=S) groups is 1. The lowest BCUT2D eigenvalue weighted by Crippen LogP contribution is -2.34. The van der Waals surface area contributed by atoms with Crippen molar-refractivity contribution in [3.05, 3.63) is 23.8 Å². The lowest BCUT2D eigenvalue weighted by molar-refractivity contribution is 0.174. The third kappa shape index (κ3) is 4.38. The van der Waals surface area contributed by atoms with Crippen LogP contribution in [0.3, 0.4) is 0 Å². The molecule has 3 rings (SSSR count). The molecule has 0 unspecified atom stereocenters. The third-order valence-electron chi connectivity index (χ3n) is 4.37. The molecular formula is C18H25N3O2S. The molecule has 0 amide bonds. The fraction of sp³-hybridized carbons (Fsp3) is 0.556. The van der Waals surface area contributed by atoms with Crippen LogP contribution in [0.15, 0.2) is 23.3 Å². The zero-order valence-electron chi connectivity index (χ0n) is 14.5. The number of nitrogens with zero attached hydrogens (tertiary/aromatic N) is 1. The quantitative estimate of drug-likeness (QED) is 0.646. The molecule has 0 bridgehead atoms. The van der Waals surface area contributed by atoms with E-state index in [0.29, 0.717) is 29.8 Å². The first-order valence-electron chi connectivity index (χ1n) is 8.39. The van der Waals surface area contributed by atoms with Gasteiger partial charge in [0.05, 0.1) is 0 Å². The van der Waals surface area contributed by atoms with Gasteiger partial charge < -0.3 is 14.8 Å². The second-order valence-corrected chi connectivity index (χ2v) is 7.92. The molecule has 2 N–H and O–H groups in total. The van der Waals surface area contributed by atoms with E-state index < -0.39 is 0 Å². The van der Waals surface area contributed by atoms with Gasteiger partial charge in [-0.3, -0.25) is 5.43 Å². The summed E-state index contributed by atoms with van der Waals surface area (Å²) < 4.78 is 10.7. The molecule has 2 aliphatic rings. The summed E-state index contributed by atoms with van der Waals surface area (Å²) in [5.41, 5.74) is 5.59. The maximum atomic E-state index is 5.38. The predicted octanol–water partition coefficient (Wildman–Crippen LogP) is 3.58. The van der Waals surface area contributed by atoms with Gasteiger partial charge >= 0.3 is 0 Å². The van der Waals surface area contributed by atoms with Gasteiger partial charge in [-0.15, -0.1) is 0 Å². The van der Waals surface area contributed by atoms with Crippen LogP contribution in [0.5, 0.6) is 11.5 Å². The van der Waals surface area contributed by atoms with Crippen molar-refractivity contribution in [1.82, 2.24) is 10.7 Å². The van der Waals surface area contributed by atoms with Crippen LogP contribution in [0.4, 0.5) is 0 Å². The number of rotatable bonds is 3. The van der Waals surface area contributed by atoms with Crippen LogP contribution in [0.1, 0.15) is 45.6 Å². The van der Waals surface area contributed by atoms with Gasteiger partial charge in [0.15, 0.2) is 16.6 Å². The summed E-state index contributed by atoms with van der Waals surface area (Å²) in [7, 11) is 0. The molecule has 0 spiro atoms. The SMILES string of the molecule is C[C@H]1C/C(=N\NC(=S)NCc2ccc3c(c2)OCO3)CC(C)(C)C1. The van der Waals surface area contributed by atoms with Gasteiger partial charge in [0.2, 0.25) is 6.79 Å². The first kappa shape index (κ1) is 17.0. The van der Waals surface area contributed by atoms with Gasteiger partial charge in [0, 0.05) is 12.3 Å². The molecule has 5 nitrogen and oxygen atoms in total. The predicted molar refractivity (Wildman–Crippen MR) is 99.4 cm³/mol. The minimum atomic E-state index is 0.290. The van der Waals surface area contributed by atoms with E-state index in [2.05, 4.69) is 36.6 Å². The maximum absolute atomic E-state index is 5.38. The Morgan fingerprint density at radius 1 is 1.33 bits per heavy atom. The average molecular weight is 347 g/mol. The van der Waals surface area contributed by atoms with E-state index >= 15 is 0 Å². The molecule has 0 saturated heterocycles. The molecule has 6 heteroatoms. The second kappa shape index (κ2) is 6.97. The molecule has 1 aromatic rings. The summed E-state index contributed by atoms with van der Waals surface area (Å²) in [6.45, 7) is 7.79. The van der Waals surface area contributed by atoms with Crippen molar-refractivity contribution in [2.45, 2.75) is 46.6 Å². The Labute approximate surface area is 148 Å². The van der Waals surface area contributed by atoms with Crippen LogP contribution in [0.2, 0.25) is 0 Å². The van der Waals surface area contributed by atoms with Crippen molar-refractivity contribution < 1.29 is 9.47 Å². The van der Waals surface area contributed by atoms with Crippen molar-refractivity contribution in [2.75, 3.05) is 6.79 Å². The highest BCUT2D eigenvalue weighted by Crippen LogP contribution is 2.36. The van der Waals surface area contributed by atoms with Crippen molar-refractivity contribution in [1.29, 1.82) is 0 Å². The van der Waals surface area contributed by atoms with Crippen LogP contribution in [0, 0.1) is 11.3 Å². The second-order valence-electron chi connectivity index (χ2n) is 7.51. The van der Waals surface area contributed by atoms with Crippen LogP contribution >= 0.6 is 12.2 Å². The highest BCUT2D eigenvalue weighted by atomic mass is 32.1. The monoisotopic (exact) mass is 347 g/mol. The Hall–Kier alpha value is -1.82. The van der Waals surface area contributed by atoms with Crippen molar-refractivity contribution >= 4 is 23.0 Å². The van der Waals surface area contributed by atoms with E-state index in [9.17, 15) is 0 Å². The van der Waals surface area contributed by atoms with Crippen LogP contribution in [-0.2, 0) is 6.54 Å². The van der Waals surface area contributed by atoms with E-state index in [1.165, 1.54) is 12.1 Å². The number of fused-ring (bicyclic) bond motifs is 1. The highest BCUT2D eigenvalue weighted by molar-refractivity contribution is 7.80. The van der Waals surface area contributed by atoms with Crippen molar-refractivity contribution in [2.24, 2.45) is 16.4 Å². The van der Waals surface area contributed by atoms with Crippen molar-refractivity contribution in [3.8, 4) is 11.5 Å². The van der Waals surface area contributed by atoms with E-state index in [4.69, 9.17) is 21.7 Å². The van der Waals surface area contributed by atoms with Gasteiger partial charge in [0.1, 0.15) is 0 Å². The van der Waals surface area contributed by atoms with Gasteiger partial charge in [-0.05, 0) is 60.5 Å². The number of ether oxygens (including phenoxy) is 2. The Morgan fingerprint density at radius 3 is 2.92 bits per heavy atom. The lowest BCUT2D eigenvalue weighted by atomic mass is 9.72. The van der Waals surface area contributed by atoms with Gasteiger partial charge in [-0.25, -0.2) is 0 Å². The van der Waals surface area contributed by atoms with Gasteiger partial charge in [-0.1, -0.05) is 26.8 Å². The molecule has 130 valence electrons. The minimum Gasteiger partial charge on any atom is -0.454 e. The normalized spacial score (nSPS) is 23.1. The Bertz CT molecular complexity index is 658. The highest BCUT2D eigenvalue weighted by Gasteiger charge is 2.29. The smallest absolute Gasteiger partial charge is 0.231 e. The Morgan fingerprint density at radius 2 is 2.12 bits per heavy atom. The molecular weight excluding hydrogens is 322 g/mol. The molecule has 1 aromatic carbocycles. The third-order valence-corrected chi connectivity index (χ3v) is 4.61. The summed E-state index contributed by atoms with van der Waals surface area (Å²) in [6.07, 6.45) is 3.31. The summed E-state index contributed by atoms with van der Waals surface area (Å²) in [4.78, 5) is 0. The van der Waals surface area contributed by atoms with Crippen LogP contribution in [-0.4, -0.2) is 17.6 Å². The maximum Gasteiger partial charge on any atom is 0.231 e. The first-order chi connectivity index (χ1) is 11.4. The summed E-state index contributed by atoms with van der Waals surface area (Å²) in [5, 5.41) is 8.23. The standard InChI is InChI=1S/C18H25N3O2S/c1-12-6-14(9-18(2,3)8-12)20-21-17(24)19-10-13-4-5-15-16(7-13)23-11-22-15/h4-5,7,12H,6,8-11H2,1-3H3,(H2,19,21,24)/b20-14+/t12-/m0/s1. The zero-order valence-corrected chi connectivity index (χ0v) is 15.3. The van der Waals surface area contributed by atoms with Crippen LogP contribution < -0.4 is 20.2 Å². The molecule has 1 heterocycles. The first-order valence-corrected chi connectivity index (χ1v) is 8.80. The number of nitrogens with one attached hydrogen (secondary N) is 2. The summed E-state index contributed by atoms with van der Waals surface area (Å²) >= 11 is 5.32. The minimum absolute atomic E-state index is 0.290. The van der Waals surface area contributed by atoms with Gasteiger partial charge in [0.25, 0.3) is 0 Å². The van der Waals surface area contributed by atoms with Crippen molar-refractivity contribution in [3.63, 3.8) is 0 Å². The van der Waals surface area contributed by atoms with Crippen LogP contribution in [0.25, 0.3) is 0 Å². The average Bonchev–Trinajstić information content (AvgIpc) is 2.96. The Kier molecular flexibility index (Phi) is 4.94. The number of hydrogen-bond acceptors (Lipinski definition) is 4. The van der Waals surface area contributed by atoms with E-state index in [0.717, 1.165) is 29.9 Å². The molecule has 0 radical (unpaired) electrons. The molecule has 1 fully saturated rings. The molecule has 1 aliphatic carbocycles. The summed E-state index contributed by atoms with van der Waals surface area (Å²) in [6, 6.07) is 5.89. The van der Waals surface area contributed by atoms with Gasteiger partial charge in [-0.2, -0.15) is 5.10 Å². The largest absolute Gasteiger partial charge is 0.454 e. The molecule has 1 saturated carbocycles. The molecule has 24 heavy (non-hydrogen) atoms. The molecule has 0 aromatic heterocycles. The number of benzene rings is 1. The molecule has 1 atom stereocenters.